The van der Waals surface area contributed by atoms with E-state index >= 15 is 0 Å². The first-order valence-corrected chi connectivity index (χ1v) is 12.5. The van der Waals surface area contributed by atoms with Crippen LogP contribution >= 0.6 is 11.6 Å². The first kappa shape index (κ1) is 27.6. The van der Waals surface area contributed by atoms with E-state index in [1.54, 1.807) is 25.1 Å². The number of rotatable bonds is 9. The molecule has 1 N–H and O–H groups in total. The van der Waals surface area contributed by atoms with Crippen molar-refractivity contribution in [3.05, 3.63) is 59.1 Å². The van der Waals surface area contributed by atoms with Gasteiger partial charge in [0.05, 0.1) is 18.6 Å². The molecule has 0 saturated carbocycles. The summed E-state index contributed by atoms with van der Waals surface area (Å²) in [6.07, 6.45) is 0. The van der Waals surface area contributed by atoms with Crippen molar-refractivity contribution in [2.75, 3.05) is 20.7 Å². The highest BCUT2D eigenvalue weighted by atomic mass is 35.5. The number of nitrogens with zero attached hydrogens (tertiary/aromatic N) is 2. The van der Waals surface area contributed by atoms with Gasteiger partial charge in [-0.15, -0.1) is 0 Å². The molecule has 0 aliphatic rings. The second kappa shape index (κ2) is 11.2. The number of halogens is 1. The molecule has 34 heavy (non-hydrogen) atoms. The Hall–Kier alpha value is -2.62. The summed E-state index contributed by atoms with van der Waals surface area (Å²) < 4.78 is 32.1. The molecule has 0 aromatic heterocycles. The molecule has 1 unspecified atom stereocenters. The molecule has 2 aromatic rings. The predicted octanol–water partition coefficient (Wildman–Crippen LogP) is 3.30. The highest BCUT2D eigenvalue weighted by Gasteiger charge is 2.31. The fraction of sp³-hybridized carbons (Fsp3) is 0.417. The minimum atomic E-state index is -3.94. The molecule has 0 fully saturated rings. The van der Waals surface area contributed by atoms with E-state index in [0.29, 0.717) is 10.8 Å². The summed E-state index contributed by atoms with van der Waals surface area (Å²) in [7, 11) is -1.07. The molecule has 0 aliphatic carbocycles. The summed E-state index contributed by atoms with van der Waals surface area (Å²) in [6, 6.07) is 12.0. The maximum absolute atomic E-state index is 13.3. The van der Waals surface area contributed by atoms with Gasteiger partial charge in [0.15, 0.2) is 0 Å². The lowest BCUT2D eigenvalue weighted by molar-refractivity contribution is -0.141. The monoisotopic (exact) mass is 509 g/mol. The second-order valence-corrected chi connectivity index (χ2v) is 11.5. The average Bonchev–Trinajstić information content (AvgIpc) is 2.76. The van der Waals surface area contributed by atoms with Crippen molar-refractivity contribution in [2.45, 2.75) is 50.7 Å². The Labute approximate surface area is 206 Å². The minimum absolute atomic E-state index is 0.0186. The number of hydrogen-bond donors (Lipinski definition) is 1. The van der Waals surface area contributed by atoms with Crippen LogP contribution in [0.4, 0.5) is 0 Å². The molecular formula is C24H32ClN3O5S. The summed E-state index contributed by atoms with van der Waals surface area (Å²) in [4.78, 5) is 27.6. The van der Waals surface area contributed by atoms with Crippen LogP contribution < -0.4 is 10.1 Å². The summed E-state index contributed by atoms with van der Waals surface area (Å²) in [5.41, 5.74) is 0.247. The molecule has 0 saturated heterocycles. The number of benzene rings is 2. The summed E-state index contributed by atoms with van der Waals surface area (Å²) in [5, 5.41) is 3.28. The first-order valence-electron chi connectivity index (χ1n) is 10.7. The van der Waals surface area contributed by atoms with Crippen LogP contribution in [-0.4, -0.2) is 61.7 Å². The molecular weight excluding hydrogens is 478 g/mol. The van der Waals surface area contributed by atoms with Crippen molar-refractivity contribution in [1.29, 1.82) is 0 Å². The van der Waals surface area contributed by atoms with E-state index in [0.717, 1.165) is 9.87 Å². The lowest BCUT2D eigenvalue weighted by Crippen LogP contribution is -2.54. The van der Waals surface area contributed by atoms with Crippen molar-refractivity contribution in [2.24, 2.45) is 0 Å². The minimum Gasteiger partial charge on any atom is -0.497 e. The number of carbonyl (C=O) groups excluding carboxylic acids is 2. The van der Waals surface area contributed by atoms with Crippen LogP contribution in [0.15, 0.2) is 53.4 Å². The smallest absolute Gasteiger partial charge is 0.243 e. The fourth-order valence-corrected chi connectivity index (χ4v) is 4.42. The third kappa shape index (κ3) is 7.44. The van der Waals surface area contributed by atoms with Gasteiger partial charge >= 0.3 is 0 Å². The molecule has 2 amide bonds. The van der Waals surface area contributed by atoms with Crippen LogP contribution in [0.25, 0.3) is 0 Å². The molecule has 0 heterocycles. The number of sulfonamides is 1. The van der Waals surface area contributed by atoms with E-state index in [1.165, 1.54) is 43.3 Å². The van der Waals surface area contributed by atoms with Crippen molar-refractivity contribution < 1.29 is 22.7 Å². The van der Waals surface area contributed by atoms with Gasteiger partial charge in [-0.2, -0.15) is 4.31 Å². The van der Waals surface area contributed by atoms with E-state index in [9.17, 15) is 18.0 Å². The van der Waals surface area contributed by atoms with E-state index in [-0.39, 0.29) is 17.3 Å². The maximum atomic E-state index is 13.3. The number of ether oxygens (including phenoxy) is 1. The summed E-state index contributed by atoms with van der Waals surface area (Å²) >= 11 is 5.86. The summed E-state index contributed by atoms with van der Waals surface area (Å²) in [6.45, 7) is 6.81. The van der Waals surface area contributed by atoms with Crippen LogP contribution in [0.2, 0.25) is 5.02 Å². The Kier molecular flexibility index (Phi) is 9.10. The van der Waals surface area contributed by atoms with Crippen molar-refractivity contribution in [1.82, 2.24) is 14.5 Å². The van der Waals surface area contributed by atoms with Gasteiger partial charge in [-0.25, -0.2) is 8.42 Å². The molecule has 186 valence electrons. The van der Waals surface area contributed by atoms with E-state index in [1.807, 2.05) is 26.8 Å². The summed E-state index contributed by atoms with van der Waals surface area (Å²) in [5.74, 6) is -0.245. The van der Waals surface area contributed by atoms with Gasteiger partial charge in [0.25, 0.3) is 0 Å². The SMILES string of the molecule is COc1cccc(CN(C(=O)CN(C)S(=O)(=O)c2ccc(Cl)cc2)C(C)C(=O)NC(C)(C)C)c1. The molecule has 0 spiro atoms. The predicted molar refractivity (Wildman–Crippen MR) is 132 cm³/mol. The Balaban J connectivity index is 2.31. The highest BCUT2D eigenvalue weighted by Crippen LogP contribution is 2.20. The third-order valence-corrected chi connectivity index (χ3v) is 7.10. The Morgan fingerprint density at radius 2 is 1.74 bits per heavy atom. The van der Waals surface area contributed by atoms with Gasteiger partial charge < -0.3 is 15.0 Å². The number of nitrogens with one attached hydrogen (secondary N) is 1. The van der Waals surface area contributed by atoms with E-state index < -0.39 is 34.1 Å². The van der Waals surface area contributed by atoms with Gasteiger partial charge in [-0.3, -0.25) is 9.59 Å². The van der Waals surface area contributed by atoms with Crippen LogP contribution in [0.5, 0.6) is 5.75 Å². The zero-order valence-corrected chi connectivity index (χ0v) is 21.9. The number of carbonyl (C=O) groups is 2. The Bertz CT molecular complexity index is 1110. The fourth-order valence-electron chi connectivity index (χ4n) is 3.18. The maximum Gasteiger partial charge on any atom is 0.243 e. The topological polar surface area (TPSA) is 96.0 Å². The Morgan fingerprint density at radius 3 is 2.29 bits per heavy atom. The van der Waals surface area contributed by atoms with Crippen LogP contribution in [0.3, 0.4) is 0 Å². The second-order valence-electron chi connectivity index (χ2n) is 9.00. The van der Waals surface area contributed by atoms with Gasteiger partial charge in [0.2, 0.25) is 21.8 Å². The average molecular weight is 510 g/mol. The lowest BCUT2D eigenvalue weighted by Gasteiger charge is -2.32. The number of amides is 2. The molecule has 2 rings (SSSR count). The first-order chi connectivity index (χ1) is 15.7. The van der Waals surface area contributed by atoms with Crippen LogP contribution in [-0.2, 0) is 26.2 Å². The van der Waals surface area contributed by atoms with Gasteiger partial charge in [-0.05, 0) is 69.7 Å². The molecule has 10 heteroatoms. The molecule has 0 aliphatic heterocycles. The molecule has 8 nitrogen and oxygen atoms in total. The van der Waals surface area contributed by atoms with E-state index in [2.05, 4.69) is 5.32 Å². The van der Waals surface area contributed by atoms with Gasteiger partial charge in [0.1, 0.15) is 11.8 Å². The molecule has 2 aromatic carbocycles. The quantitative estimate of drug-likeness (QED) is 0.559. The molecule has 1 atom stereocenters. The van der Waals surface area contributed by atoms with Gasteiger partial charge in [-0.1, -0.05) is 23.7 Å². The third-order valence-electron chi connectivity index (χ3n) is 5.03. The van der Waals surface area contributed by atoms with Crippen LogP contribution in [0, 0.1) is 0 Å². The normalized spacial score (nSPS) is 12.8. The van der Waals surface area contributed by atoms with E-state index in [4.69, 9.17) is 16.3 Å². The van der Waals surface area contributed by atoms with Crippen molar-refractivity contribution in [3.8, 4) is 5.75 Å². The Morgan fingerprint density at radius 1 is 1.12 bits per heavy atom. The number of hydrogen-bond acceptors (Lipinski definition) is 5. The van der Waals surface area contributed by atoms with Crippen molar-refractivity contribution >= 4 is 33.4 Å². The highest BCUT2D eigenvalue weighted by molar-refractivity contribution is 7.89. The zero-order chi connectivity index (χ0) is 25.7. The van der Waals surface area contributed by atoms with Crippen molar-refractivity contribution in [3.63, 3.8) is 0 Å². The largest absolute Gasteiger partial charge is 0.497 e. The molecule has 0 radical (unpaired) electrons. The van der Waals surface area contributed by atoms with Crippen LogP contribution in [0.1, 0.15) is 33.3 Å². The standard InChI is InChI=1S/C24H32ClN3O5S/c1-17(23(30)26-24(2,3)4)28(15-18-8-7-9-20(14-18)33-6)22(29)16-27(5)34(31,32)21-12-10-19(25)11-13-21/h7-14,17H,15-16H2,1-6H3,(H,26,30). The van der Waals surface area contributed by atoms with Gasteiger partial charge in [0, 0.05) is 24.2 Å². The number of likely N-dealkylation sites (N-methyl/N-ethyl adjacent to an activating group) is 1. The number of methoxy groups -OCH3 is 1. The zero-order valence-electron chi connectivity index (χ0n) is 20.3. The lowest BCUT2D eigenvalue weighted by atomic mass is 10.1. The molecule has 0 bridgehead atoms.